The van der Waals surface area contributed by atoms with Gasteiger partial charge in [-0.15, -0.1) is 0 Å². The summed E-state index contributed by atoms with van der Waals surface area (Å²) in [7, 11) is 0. The van der Waals surface area contributed by atoms with E-state index >= 15 is 0 Å². The van der Waals surface area contributed by atoms with Crippen LogP contribution in [0.25, 0.3) is 10.4 Å². The van der Waals surface area contributed by atoms with Crippen molar-refractivity contribution in [3.63, 3.8) is 0 Å². The molecule has 0 aromatic heterocycles. The average Bonchev–Trinajstić information content (AvgIpc) is 1.30. The molecule has 3 aliphatic heterocycles. The molecule has 33 heteroatoms. The Morgan fingerprint density at radius 2 is 0.802 bits per heavy atom. The molecule has 4 aliphatic rings. The highest BCUT2D eigenvalue weighted by Gasteiger charge is 2.57. The minimum Gasteiger partial charge on any atom is -0.444 e. The SMILES string of the molecule is CC(C)(C)OC(=O)NC[C@@H]1O[C@H](O[C@H]2[C@@H](O)[C@H](O[C@@H]3[C@@H](O)[C@H](NC(=O)OC(C)(C)C)C[C@H](NC(=O)OC(C)(C)C)[C@H]3O[C@H]3O[C@H](CNC(=O)OC(C)(C)C)[C@@H](O)[C@H](O)[C@H]3NC(=O)OC(C)(C)C)O[C@@H]2CO)[C@H](NC(=O)OC(C)(C)C)[C@@H](N=[N+]=[N-])[C@@H]1O. The Morgan fingerprint density at radius 3 is 1.23 bits per heavy atom. The summed E-state index contributed by atoms with van der Waals surface area (Å²) in [4.78, 5) is 82.8. The number of nitrogens with zero attached hydrogens (tertiary/aromatic N) is 3. The first-order valence-electron chi connectivity index (χ1n) is 28.2. The molecule has 33 nitrogen and oxygen atoms in total. The number of carbonyl (C=O) groups excluding carboxylic acids is 6. The highest BCUT2D eigenvalue weighted by molar-refractivity contribution is 5.70. The van der Waals surface area contributed by atoms with Gasteiger partial charge in [0.25, 0.3) is 0 Å². The molecule has 86 heavy (non-hydrogen) atoms. The summed E-state index contributed by atoms with van der Waals surface area (Å²) in [5, 5.41) is 89.4. The summed E-state index contributed by atoms with van der Waals surface area (Å²) in [5.41, 5.74) is 3.38. The first-order chi connectivity index (χ1) is 39.3. The van der Waals surface area contributed by atoms with Crippen molar-refractivity contribution in [3.05, 3.63) is 10.4 Å². The number of aliphatic hydroxyl groups excluding tert-OH is 6. The van der Waals surface area contributed by atoms with E-state index in [2.05, 4.69) is 41.9 Å². The smallest absolute Gasteiger partial charge is 0.408 e. The monoisotopic (exact) mass is 1240 g/mol. The molecule has 3 saturated heterocycles. The quantitative estimate of drug-likeness (QED) is 0.0454. The Hall–Kier alpha value is -5.55. The Kier molecular flexibility index (Phi) is 24.7. The predicted molar refractivity (Wildman–Crippen MR) is 296 cm³/mol. The Morgan fingerprint density at radius 1 is 0.442 bits per heavy atom. The summed E-state index contributed by atoms with van der Waals surface area (Å²) in [6, 6.07) is -8.05. The van der Waals surface area contributed by atoms with Crippen molar-refractivity contribution in [1.29, 1.82) is 0 Å². The van der Waals surface area contributed by atoms with Gasteiger partial charge in [-0.25, -0.2) is 28.8 Å². The van der Waals surface area contributed by atoms with E-state index in [9.17, 15) is 64.9 Å². The van der Waals surface area contributed by atoms with Crippen LogP contribution in [0.2, 0.25) is 0 Å². The van der Waals surface area contributed by atoms with Crippen LogP contribution in [0.1, 0.15) is 131 Å². The molecule has 0 unspecified atom stereocenters. The molecule has 1 aliphatic carbocycles. The molecule has 1 saturated carbocycles. The van der Waals surface area contributed by atoms with Gasteiger partial charge >= 0.3 is 36.6 Å². The number of carbonyl (C=O) groups is 6. The van der Waals surface area contributed by atoms with E-state index in [-0.39, 0.29) is 0 Å². The van der Waals surface area contributed by atoms with Crippen molar-refractivity contribution < 1.29 is 116 Å². The topological polar surface area (TPSA) is 456 Å². The second-order valence-electron chi connectivity index (χ2n) is 27.1. The van der Waals surface area contributed by atoms with Crippen LogP contribution in [-0.2, 0) is 56.8 Å². The Labute approximate surface area is 499 Å². The van der Waals surface area contributed by atoms with Gasteiger partial charge in [-0.3, -0.25) is 0 Å². The van der Waals surface area contributed by atoms with Gasteiger partial charge in [0.2, 0.25) is 0 Å². The van der Waals surface area contributed by atoms with Gasteiger partial charge in [-0.2, -0.15) is 0 Å². The molecule has 494 valence electrons. The summed E-state index contributed by atoms with van der Waals surface area (Å²) in [6.07, 6.45) is -32.6. The highest BCUT2D eigenvalue weighted by atomic mass is 16.8. The van der Waals surface area contributed by atoms with Crippen molar-refractivity contribution in [2.45, 2.75) is 281 Å². The molecule has 6 amide bonds. The summed E-state index contributed by atoms with van der Waals surface area (Å²) < 4.78 is 70.6. The fourth-order valence-electron chi connectivity index (χ4n) is 9.15. The van der Waals surface area contributed by atoms with Gasteiger partial charge in [0.05, 0.1) is 36.9 Å². The van der Waals surface area contributed by atoms with Gasteiger partial charge in [0.15, 0.2) is 18.9 Å². The number of hydrogen-bond acceptors (Lipinski definition) is 25. The summed E-state index contributed by atoms with van der Waals surface area (Å²) in [5.74, 6) is 0. The number of azide groups is 1. The maximum absolute atomic E-state index is 13.9. The second-order valence-corrected chi connectivity index (χ2v) is 27.1. The fourth-order valence-corrected chi connectivity index (χ4v) is 9.15. The van der Waals surface area contributed by atoms with Crippen LogP contribution in [-0.4, -0.2) is 237 Å². The Bertz CT molecular complexity index is 2340. The van der Waals surface area contributed by atoms with Gasteiger partial charge in [0, 0.05) is 18.0 Å². The molecular formula is C53H93N9O24. The van der Waals surface area contributed by atoms with Crippen molar-refractivity contribution in [2.24, 2.45) is 5.11 Å². The van der Waals surface area contributed by atoms with E-state index in [1.165, 1.54) is 0 Å². The van der Waals surface area contributed by atoms with Crippen LogP contribution in [0.3, 0.4) is 0 Å². The van der Waals surface area contributed by atoms with Crippen LogP contribution in [0, 0.1) is 0 Å². The maximum atomic E-state index is 13.9. The minimum atomic E-state index is -2.09. The third-order valence-electron chi connectivity index (χ3n) is 12.4. The first-order valence-corrected chi connectivity index (χ1v) is 28.2. The largest absolute Gasteiger partial charge is 0.444 e. The third kappa shape index (κ3) is 22.9. The highest BCUT2D eigenvalue weighted by Crippen LogP contribution is 2.37. The van der Waals surface area contributed by atoms with Crippen molar-refractivity contribution in [2.75, 3.05) is 19.7 Å². The van der Waals surface area contributed by atoms with Crippen LogP contribution < -0.4 is 31.9 Å². The zero-order valence-electron chi connectivity index (χ0n) is 52.2. The zero-order chi connectivity index (χ0) is 65.4. The molecule has 12 N–H and O–H groups in total. The molecule has 19 atom stereocenters. The summed E-state index contributed by atoms with van der Waals surface area (Å²) >= 11 is 0. The number of rotatable bonds is 16. The lowest BCUT2D eigenvalue weighted by Gasteiger charge is -2.49. The number of hydrogen-bond donors (Lipinski definition) is 12. The number of ether oxygens (including phenoxy) is 12. The standard InChI is InChI=1S/C53H93N9O24/c1-48(2,3)81-42(69)55-20-25-32(65)28(61-62-54)29(59-46(73)85-52(13,14)15)39(75-25)79-37-27(22-63)77-41(35(37)68)80-38-31(64)23(57-44(71)83-50(7,8)9)19-24(58-45(72)84-51(10,11)12)36(38)78-40-30(60-47(74)86-53(16,17)18)34(67)33(66)26(76-40)21-56-43(70)82-49(4,5)6/h23-41,63-68H,19-22H2,1-18H3,(H,55,69)(H,56,70)(H,57,71)(H,58,72)(H,59,73)(H,60,74)/t23-,24+,25+,26-,27-,28-,29-,30-,31+,32-,33-,34-,35-,36-,37-,38-,39-,40-,41+/m1/s1. The number of nitrogens with one attached hydrogen (secondary N) is 6. The van der Waals surface area contributed by atoms with E-state index in [1.807, 2.05) is 0 Å². The van der Waals surface area contributed by atoms with E-state index < -0.39 is 213 Å². The molecule has 0 aromatic carbocycles. The average molecular weight is 1240 g/mol. The lowest BCUT2D eigenvalue weighted by atomic mass is 9.83. The van der Waals surface area contributed by atoms with Crippen LogP contribution >= 0.6 is 0 Å². The van der Waals surface area contributed by atoms with Crippen LogP contribution in [0.4, 0.5) is 28.8 Å². The molecule has 4 rings (SSSR count). The molecule has 0 aromatic rings. The molecule has 3 heterocycles. The van der Waals surface area contributed by atoms with Crippen LogP contribution in [0.15, 0.2) is 5.11 Å². The fraction of sp³-hybridized carbons (Fsp3) is 0.887. The maximum Gasteiger partial charge on any atom is 0.408 e. The van der Waals surface area contributed by atoms with E-state index in [4.69, 9.17) is 56.8 Å². The molecular weight excluding hydrogens is 1150 g/mol. The molecule has 0 bridgehead atoms. The third-order valence-corrected chi connectivity index (χ3v) is 12.4. The van der Waals surface area contributed by atoms with Crippen molar-refractivity contribution in [1.82, 2.24) is 31.9 Å². The number of amides is 6. The number of alkyl carbamates (subject to hydrolysis) is 6. The normalized spacial score (nSPS) is 32.7. The molecule has 0 radical (unpaired) electrons. The Balaban J connectivity index is 1.88. The minimum absolute atomic E-state index is 0.442. The lowest BCUT2D eigenvalue weighted by molar-refractivity contribution is -0.311. The second kappa shape index (κ2) is 29.2. The van der Waals surface area contributed by atoms with Gasteiger partial charge < -0.3 is 119 Å². The number of aliphatic hydroxyl groups is 6. The predicted octanol–water partition coefficient (Wildman–Crippen LogP) is 1.82. The van der Waals surface area contributed by atoms with Crippen LogP contribution in [0.5, 0.6) is 0 Å². The van der Waals surface area contributed by atoms with E-state index in [0.29, 0.717) is 0 Å². The van der Waals surface area contributed by atoms with Crippen molar-refractivity contribution in [3.8, 4) is 0 Å². The molecule has 0 spiro atoms. The van der Waals surface area contributed by atoms with Gasteiger partial charge in [-0.05, 0) is 137 Å². The van der Waals surface area contributed by atoms with E-state index in [1.54, 1.807) is 125 Å². The molecule has 4 fully saturated rings. The first kappa shape index (κ1) is 72.9. The van der Waals surface area contributed by atoms with E-state index in [0.717, 1.165) is 0 Å². The van der Waals surface area contributed by atoms with Gasteiger partial charge in [-0.1, -0.05) is 5.11 Å². The zero-order valence-corrected chi connectivity index (χ0v) is 52.2. The summed E-state index contributed by atoms with van der Waals surface area (Å²) in [6.45, 7) is 26.3. The van der Waals surface area contributed by atoms with Gasteiger partial charge in [0.1, 0.15) is 101 Å². The van der Waals surface area contributed by atoms with Crippen molar-refractivity contribution >= 4 is 36.6 Å². The lowest BCUT2D eigenvalue weighted by Crippen LogP contribution is -2.70.